The van der Waals surface area contributed by atoms with Gasteiger partial charge in [0.05, 0.1) is 12.8 Å². The van der Waals surface area contributed by atoms with E-state index < -0.39 is 0 Å². The first-order valence-corrected chi connectivity index (χ1v) is 9.94. The van der Waals surface area contributed by atoms with Gasteiger partial charge in [-0.3, -0.25) is 0 Å². The molecule has 0 fully saturated rings. The molecule has 2 aromatic carbocycles. The summed E-state index contributed by atoms with van der Waals surface area (Å²) in [7, 11) is 1.71. The lowest BCUT2D eigenvalue weighted by Crippen LogP contribution is -2.05. The number of aromatic nitrogens is 1. The minimum atomic E-state index is 0.884. The molecule has 1 heterocycles. The maximum absolute atomic E-state index is 5.58. The van der Waals surface area contributed by atoms with E-state index in [1.165, 1.54) is 10.4 Å². The van der Waals surface area contributed by atoms with Gasteiger partial charge in [0, 0.05) is 25.1 Å². The van der Waals surface area contributed by atoms with Crippen LogP contribution in [0.1, 0.15) is 10.4 Å². The molecule has 3 nitrogen and oxygen atoms in total. The van der Waals surface area contributed by atoms with Gasteiger partial charge in [-0.2, -0.15) is 0 Å². The van der Waals surface area contributed by atoms with Gasteiger partial charge in [0.15, 0.2) is 5.13 Å². The first kappa shape index (κ1) is 16.1. The van der Waals surface area contributed by atoms with E-state index in [4.69, 9.17) is 9.72 Å². The summed E-state index contributed by atoms with van der Waals surface area (Å²) in [6, 6.07) is 12.2. The zero-order valence-corrected chi connectivity index (χ0v) is 16.9. The molecule has 1 aliphatic carbocycles. The van der Waals surface area contributed by atoms with Gasteiger partial charge in [-0.25, -0.2) is 4.98 Å². The molecular weight excluding hydrogens is 452 g/mol. The number of anilines is 2. The molecule has 0 atom stereocenters. The summed E-state index contributed by atoms with van der Waals surface area (Å²) in [5.74, 6) is 0.884. The molecule has 6 heteroatoms. The summed E-state index contributed by atoms with van der Waals surface area (Å²) in [5.41, 5.74) is 4.47. The molecule has 0 amide bonds. The Morgan fingerprint density at radius 1 is 1.08 bits per heavy atom. The Labute approximate surface area is 161 Å². The second-order valence-electron chi connectivity index (χ2n) is 5.53. The Morgan fingerprint density at radius 3 is 2.62 bits per heavy atom. The molecule has 0 saturated heterocycles. The maximum atomic E-state index is 5.58. The van der Waals surface area contributed by atoms with Gasteiger partial charge in [-0.1, -0.05) is 31.9 Å². The van der Waals surface area contributed by atoms with Gasteiger partial charge in [-0.05, 0) is 54.8 Å². The number of nitrogens with one attached hydrogen (secondary N) is 1. The normalized spacial score (nSPS) is 12.5. The molecule has 1 aliphatic rings. The largest absolute Gasteiger partial charge is 0.496 e. The summed E-state index contributed by atoms with van der Waals surface area (Å²) in [4.78, 5) is 6.16. The van der Waals surface area contributed by atoms with E-state index in [0.29, 0.717) is 0 Å². The fourth-order valence-corrected chi connectivity index (χ4v) is 4.72. The number of fused-ring (bicyclic) bond motifs is 3. The van der Waals surface area contributed by atoms with E-state index in [-0.39, 0.29) is 0 Å². The topological polar surface area (TPSA) is 34.1 Å². The molecule has 0 spiro atoms. The number of thiazole rings is 1. The third-order valence-electron chi connectivity index (χ3n) is 4.07. The van der Waals surface area contributed by atoms with Crippen LogP contribution in [0.25, 0.3) is 11.3 Å². The summed E-state index contributed by atoms with van der Waals surface area (Å²) in [6.07, 6.45) is 2.01. The molecule has 24 heavy (non-hydrogen) atoms. The fraction of sp³-hybridized carbons (Fsp3) is 0.167. The Bertz CT molecular complexity index is 906. The summed E-state index contributed by atoms with van der Waals surface area (Å²) in [5, 5.41) is 4.32. The Kier molecular flexibility index (Phi) is 4.37. The van der Waals surface area contributed by atoms with Crippen LogP contribution in [0.15, 0.2) is 45.3 Å². The van der Waals surface area contributed by atoms with E-state index in [9.17, 15) is 0 Å². The predicted molar refractivity (Wildman–Crippen MR) is 107 cm³/mol. The first-order valence-electron chi connectivity index (χ1n) is 7.53. The highest BCUT2D eigenvalue weighted by atomic mass is 79.9. The van der Waals surface area contributed by atoms with Crippen molar-refractivity contribution in [2.75, 3.05) is 12.4 Å². The number of halogens is 2. The number of hydrogen-bond acceptors (Lipinski definition) is 4. The lowest BCUT2D eigenvalue weighted by molar-refractivity contribution is 0.415. The quantitative estimate of drug-likeness (QED) is 0.501. The first-order chi connectivity index (χ1) is 11.7. The molecular formula is C18H14Br2N2OS. The van der Waals surface area contributed by atoms with Crippen LogP contribution in [0.4, 0.5) is 10.8 Å². The van der Waals surface area contributed by atoms with Crippen LogP contribution >= 0.6 is 43.2 Å². The van der Waals surface area contributed by atoms with Gasteiger partial charge in [0.1, 0.15) is 5.75 Å². The van der Waals surface area contributed by atoms with E-state index in [1.54, 1.807) is 18.4 Å². The Hall–Kier alpha value is -1.37. The summed E-state index contributed by atoms with van der Waals surface area (Å²) < 4.78 is 7.77. The number of nitrogens with zero attached hydrogens (tertiary/aromatic N) is 1. The third kappa shape index (κ3) is 2.87. The number of hydrogen-bond donors (Lipinski definition) is 1. The molecule has 0 unspecified atom stereocenters. The van der Waals surface area contributed by atoms with Crippen LogP contribution in [-0.2, 0) is 12.8 Å². The van der Waals surface area contributed by atoms with E-state index in [2.05, 4.69) is 43.2 Å². The van der Waals surface area contributed by atoms with Gasteiger partial charge in [0.2, 0.25) is 0 Å². The highest BCUT2D eigenvalue weighted by molar-refractivity contribution is 9.10. The van der Waals surface area contributed by atoms with Crippen LogP contribution in [0, 0.1) is 0 Å². The predicted octanol–water partition coefficient (Wildman–Crippen LogP) is 6.19. The molecule has 0 radical (unpaired) electrons. The van der Waals surface area contributed by atoms with Crippen molar-refractivity contribution >= 4 is 54.0 Å². The van der Waals surface area contributed by atoms with E-state index in [1.807, 2.05) is 30.3 Å². The van der Waals surface area contributed by atoms with Crippen LogP contribution in [0.2, 0.25) is 0 Å². The molecule has 4 rings (SSSR count). The van der Waals surface area contributed by atoms with Crippen molar-refractivity contribution in [3.8, 4) is 17.0 Å². The van der Waals surface area contributed by atoms with Gasteiger partial charge < -0.3 is 10.1 Å². The maximum Gasteiger partial charge on any atom is 0.187 e. The average Bonchev–Trinajstić information content (AvgIpc) is 3.00. The molecule has 0 saturated carbocycles. The highest BCUT2D eigenvalue weighted by Crippen LogP contribution is 2.45. The zero-order valence-electron chi connectivity index (χ0n) is 12.9. The number of ether oxygens (including phenoxy) is 1. The minimum absolute atomic E-state index is 0.884. The van der Waals surface area contributed by atoms with Crippen LogP contribution in [-0.4, -0.2) is 12.1 Å². The van der Waals surface area contributed by atoms with Crippen LogP contribution in [0.3, 0.4) is 0 Å². The minimum Gasteiger partial charge on any atom is -0.496 e. The second-order valence-corrected chi connectivity index (χ2v) is 8.38. The number of rotatable bonds is 3. The number of aryl methyl sites for hydroxylation is 1. The summed E-state index contributed by atoms with van der Waals surface area (Å²) in [6.45, 7) is 0. The lowest BCUT2D eigenvalue weighted by Gasteiger charge is -2.19. The molecule has 1 N–H and O–H groups in total. The zero-order chi connectivity index (χ0) is 16.7. The van der Waals surface area contributed by atoms with E-state index >= 15 is 0 Å². The van der Waals surface area contributed by atoms with Gasteiger partial charge >= 0.3 is 0 Å². The monoisotopic (exact) mass is 464 g/mol. The van der Waals surface area contributed by atoms with Gasteiger partial charge in [0.25, 0.3) is 0 Å². The van der Waals surface area contributed by atoms with Crippen molar-refractivity contribution in [3.05, 3.63) is 55.8 Å². The van der Waals surface area contributed by atoms with Crippen molar-refractivity contribution in [2.45, 2.75) is 12.8 Å². The highest BCUT2D eigenvalue weighted by Gasteiger charge is 2.26. The number of methoxy groups -OCH3 is 1. The SMILES string of the molecule is COc1ccc(Br)c2c1-c1nc(Nc3ccc(Br)cc3)sc1CC2. The average molecular weight is 466 g/mol. The smallest absolute Gasteiger partial charge is 0.187 e. The molecule has 0 bridgehead atoms. The molecule has 3 aromatic rings. The summed E-state index contributed by atoms with van der Waals surface area (Å²) >= 11 is 8.84. The Morgan fingerprint density at radius 2 is 1.88 bits per heavy atom. The van der Waals surface area contributed by atoms with Crippen molar-refractivity contribution in [1.82, 2.24) is 4.98 Å². The number of benzene rings is 2. The Balaban J connectivity index is 1.75. The van der Waals surface area contributed by atoms with Crippen molar-refractivity contribution in [1.29, 1.82) is 0 Å². The lowest BCUT2D eigenvalue weighted by atomic mass is 9.93. The van der Waals surface area contributed by atoms with Crippen molar-refractivity contribution < 1.29 is 4.74 Å². The molecule has 1 aromatic heterocycles. The second kappa shape index (κ2) is 6.50. The standard InChI is InChI=1S/C18H14Br2N2OS/c1-23-14-8-7-13(20)12-6-9-15-17(16(12)14)22-18(24-15)21-11-4-2-10(19)3-5-11/h2-5,7-8H,6,9H2,1H3,(H,21,22). The van der Waals surface area contributed by atoms with Crippen molar-refractivity contribution in [2.24, 2.45) is 0 Å². The van der Waals surface area contributed by atoms with Crippen molar-refractivity contribution in [3.63, 3.8) is 0 Å². The molecule has 0 aliphatic heterocycles. The van der Waals surface area contributed by atoms with Crippen LogP contribution < -0.4 is 10.1 Å². The fourth-order valence-electron chi connectivity index (χ4n) is 2.94. The van der Waals surface area contributed by atoms with Gasteiger partial charge in [-0.15, -0.1) is 11.3 Å². The molecule has 122 valence electrons. The third-order valence-corrected chi connectivity index (χ3v) is 6.37. The van der Waals surface area contributed by atoms with Crippen LogP contribution in [0.5, 0.6) is 5.75 Å². The van der Waals surface area contributed by atoms with E-state index in [0.717, 1.165) is 49.6 Å².